The Labute approximate surface area is 94.9 Å². The van der Waals surface area contributed by atoms with E-state index in [9.17, 15) is 4.39 Å². The molecule has 0 radical (unpaired) electrons. The molecule has 15 heavy (non-hydrogen) atoms. The Balaban J connectivity index is 2.70. The van der Waals surface area contributed by atoms with E-state index in [4.69, 9.17) is 11.6 Å². The Bertz CT molecular complexity index is 317. The van der Waals surface area contributed by atoms with Crippen LogP contribution in [0.1, 0.15) is 26.0 Å². The van der Waals surface area contributed by atoms with E-state index in [1.165, 1.54) is 12.3 Å². The quantitative estimate of drug-likeness (QED) is 0.842. The fraction of sp³-hybridized carbons (Fsp3) is 0.545. The summed E-state index contributed by atoms with van der Waals surface area (Å²) in [4.78, 5) is 4.00. The Morgan fingerprint density at radius 3 is 2.80 bits per heavy atom. The van der Waals surface area contributed by atoms with Gasteiger partial charge in [-0.25, -0.2) is 4.39 Å². The number of rotatable bonds is 5. The summed E-state index contributed by atoms with van der Waals surface area (Å²) >= 11 is 5.63. The number of likely N-dealkylation sites (N-methyl/N-ethyl adjacent to an activating group) is 1. The van der Waals surface area contributed by atoms with Crippen LogP contribution in [0.3, 0.4) is 0 Å². The lowest BCUT2D eigenvalue weighted by atomic mass is 10.1. The molecule has 84 valence electrons. The van der Waals surface area contributed by atoms with Gasteiger partial charge in [-0.1, -0.05) is 25.4 Å². The van der Waals surface area contributed by atoms with Crippen LogP contribution in [0.5, 0.6) is 0 Å². The van der Waals surface area contributed by atoms with E-state index in [-0.39, 0.29) is 11.9 Å². The topological polar surface area (TPSA) is 24.9 Å². The van der Waals surface area contributed by atoms with Gasteiger partial charge >= 0.3 is 0 Å². The molecule has 1 heterocycles. The molecule has 4 heteroatoms. The maximum absolute atomic E-state index is 13.4. The lowest BCUT2D eigenvalue weighted by Gasteiger charge is -2.15. The number of pyridine rings is 1. The van der Waals surface area contributed by atoms with Gasteiger partial charge in [0.05, 0.1) is 10.7 Å². The van der Waals surface area contributed by atoms with Crippen molar-refractivity contribution in [3.8, 4) is 0 Å². The van der Waals surface area contributed by atoms with Crippen molar-refractivity contribution >= 4 is 11.6 Å². The van der Waals surface area contributed by atoms with E-state index < -0.39 is 0 Å². The third kappa shape index (κ3) is 3.76. The van der Waals surface area contributed by atoms with Gasteiger partial charge < -0.3 is 5.32 Å². The van der Waals surface area contributed by atoms with Crippen LogP contribution in [0.15, 0.2) is 12.3 Å². The largest absolute Gasteiger partial charge is 0.314 e. The van der Waals surface area contributed by atoms with Crippen LogP contribution in [0.4, 0.5) is 4.39 Å². The minimum Gasteiger partial charge on any atom is -0.314 e. The van der Waals surface area contributed by atoms with Crippen LogP contribution in [-0.4, -0.2) is 17.6 Å². The Hall–Kier alpha value is -0.670. The van der Waals surface area contributed by atoms with Gasteiger partial charge in [-0.15, -0.1) is 0 Å². The van der Waals surface area contributed by atoms with Crippen molar-refractivity contribution in [2.75, 3.05) is 6.54 Å². The smallest absolute Gasteiger partial charge is 0.146 e. The molecular weight excluding hydrogens is 215 g/mol. The van der Waals surface area contributed by atoms with Crippen molar-refractivity contribution in [1.29, 1.82) is 0 Å². The molecule has 1 rings (SSSR count). The fourth-order valence-electron chi connectivity index (χ4n) is 1.48. The zero-order chi connectivity index (χ0) is 11.3. The summed E-state index contributed by atoms with van der Waals surface area (Å²) in [6, 6.07) is 1.58. The van der Waals surface area contributed by atoms with Crippen molar-refractivity contribution in [2.24, 2.45) is 0 Å². The van der Waals surface area contributed by atoms with Crippen molar-refractivity contribution in [3.63, 3.8) is 0 Å². The van der Waals surface area contributed by atoms with E-state index in [1.807, 2.05) is 6.92 Å². The van der Waals surface area contributed by atoms with Crippen LogP contribution in [0.2, 0.25) is 5.02 Å². The lowest BCUT2D eigenvalue weighted by molar-refractivity contribution is 0.489. The normalized spacial score (nSPS) is 12.8. The number of hydrogen-bond acceptors (Lipinski definition) is 2. The second-order valence-corrected chi connectivity index (χ2v) is 3.89. The van der Waals surface area contributed by atoms with Gasteiger partial charge in [0.25, 0.3) is 0 Å². The third-order valence-corrected chi connectivity index (χ3v) is 2.52. The van der Waals surface area contributed by atoms with Gasteiger partial charge in [0, 0.05) is 18.7 Å². The monoisotopic (exact) mass is 230 g/mol. The molecule has 0 aliphatic carbocycles. The molecule has 0 aliphatic heterocycles. The molecule has 1 aromatic rings. The van der Waals surface area contributed by atoms with Gasteiger partial charge in [-0.05, 0) is 19.0 Å². The molecule has 0 saturated carbocycles. The molecule has 0 amide bonds. The second kappa shape index (κ2) is 6.03. The summed E-state index contributed by atoms with van der Waals surface area (Å²) in [7, 11) is 0. The molecule has 0 spiro atoms. The molecule has 2 nitrogen and oxygen atoms in total. The Morgan fingerprint density at radius 2 is 2.27 bits per heavy atom. The first kappa shape index (κ1) is 12.4. The predicted molar refractivity (Wildman–Crippen MR) is 60.7 cm³/mol. The molecule has 1 atom stereocenters. The van der Waals surface area contributed by atoms with E-state index in [1.54, 1.807) is 0 Å². The average Bonchev–Trinajstić information content (AvgIpc) is 2.21. The molecular formula is C11H16ClFN2. The first-order chi connectivity index (χ1) is 7.17. The second-order valence-electron chi connectivity index (χ2n) is 3.45. The minimum absolute atomic E-state index is 0.276. The SMILES string of the molecule is CCNC(CC)Cc1ncc(Cl)cc1F. The summed E-state index contributed by atoms with van der Waals surface area (Å²) in [5, 5.41) is 3.62. The van der Waals surface area contributed by atoms with Crippen molar-refractivity contribution < 1.29 is 4.39 Å². The van der Waals surface area contributed by atoms with Crippen LogP contribution in [0.25, 0.3) is 0 Å². The van der Waals surface area contributed by atoms with Crippen molar-refractivity contribution in [3.05, 3.63) is 28.8 Å². The van der Waals surface area contributed by atoms with Gasteiger partial charge in [0.2, 0.25) is 0 Å². The zero-order valence-corrected chi connectivity index (χ0v) is 9.81. The van der Waals surface area contributed by atoms with Crippen molar-refractivity contribution in [2.45, 2.75) is 32.7 Å². The van der Waals surface area contributed by atoms with Crippen LogP contribution in [-0.2, 0) is 6.42 Å². The highest BCUT2D eigenvalue weighted by molar-refractivity contribution is 6.30. The molecule has 0 aliphatic rings. The van der Waals surface area contributed by atoms with Gasteiger partial charge in [-0.2, -0.15) is 0 Å². The third-order valence-electron chi connectivity index (χ3n) is 2.31. The summed E-state index contributed by atoms with van der Waals surface area (Å²) in [5.41, 5.74) is 0.479. The standard InChI is InChI=1S/C11H16ClFN2/c1-3-9(14-4-2)6-11-10(13)5-8(12)7-15-11/h5,7,9,14H,3-4,6H2,1-2H3. The maximum Gasteiger partial charge on any atom is 0.146 e. The minimum atomic E-state index is -0.321. The van der Waals surface area contributed by atoms with Gasteiger partial charge in [0.1, 0.15) is 5.82 Å². The predicted octanol–water partition coefficient (Wildman–Crippen LogP) is 2.80. The lowest BCUT2D eigenvalue weighted by Crippen LogP contribution is -2.30. The van der Waals surface area contributed by atoms with Crippen LogP contribution in [0, 0.1) is 5.82 Å². The number of aromatic nitrogens is 1. The Kier molecular flexibility index (Phi) is 4.99. The molecule has 0 fully saturated rings. The summed E-state index contributed by atoms with van der Waals surface area (Å²) in [6.45, 7) is 4.99. The number of hydrogen-bond donors (Lipinski definition) is 1. The number of halogens is 2. The van der Waals surface area contributed by atoms with Crippen LogP contribution < -0.4 is 5.32 Å². The van der Waals surface area contributed by atoms with E-state index in [2.05, 4.69) is 17.2 Å². The molecule has 0 aromatic carbocycles. The zero-order valence-electron chi connectivity index (χ0n) is 9.06. The maximum atomic E-state index is 13.4. The van der Waals surface area contributed by atoms with E-state index >= 15 is 0 Å². The summed E-state index contributed by atoms with van der Waals surface area (Å²) in [6.07, 6.45) is 3.05. The highest BCUT2D eigenvalue weighted by atomic mass is 35.5. The molecule has 0 bridgehead atoms. The van der Waals surface area contributed by atoms with E-state index in [0.29, 0.717) is 17.1 Å². The van der Waals surface area contributed by atoms with Crippen LogP contribution >= 0.6 is 11.6 Å². The van der Waals surface area contributed by atoms with E-state index in [0.717, 1.165) is 13.0 Å². The fourth-order valence-corrected chi connectivity index (χ4v) is 1.62. The van der Waals surface area contributed by atoms with Crippen molar-refractivity contribution in [1.82, 2.24) is 10.3 Å². The highest BCUT2D eigenvalue weighted by Gasteiger charge is 2.11. The molecule has 0 saturated heterocycles. The highest BCUT2D eigenvalue weighted by Crippen LogP contribution is 2.13. The number of nitrogens with one attached hydrogen (secondary N) is 1. The average molecular weight is 231 g/mol. The van der Waals surface area contributed by atoms with Gasteiger partial charge in [-0.3, -0.25) is 4.98 Å². The van der Waals surface area contributed by atoms with Gasteiger partial charge in [0.15, 0.2) is 0 Å². The number of nitrogens with zero attached hydrogens (tertiary/aromatic N) is 1. The molecule has 1 N–H and O–H groups in total. The summed E-state index contributed by atoms with van der Waals surface area (Å²) < 4.78 is 13.4. The molecule has 1 unspecified atom stereocenters. The molecule has 1 aromatic heterocycles. The first-order valence-corrected chi connectivity index (χ1v) is 5.58. The Morgan fingerprint density at radius 1 is 1.53 bits per heavy atom. The summed E-state index contributed by atoms with van der Waals surface area (Å²) in [5.74, 6) is -0.321. The first-order valence-electron chi connectivity index (χ1n) is 5.20.